The molecule has 6 unspecified atom stereocenters. The minimum absolute atomic E-state index is 0.0257. The lowest BCUT2D eigenvalue weighted by atomic mass is 9.89. The summed E-state index contributed by atoms with van der Waals surface area (Å²) in [7, 11) is 7.03. The standard InChI is InChI=1S/C48H68N10O14S6/c1-23-16-73-74-17-28-32-18-75-77-20-34-48(72)58(22-51-34)36(45(69)55-29(10-11-39(63)64)43(67)56-30(42(28)66)13-26-6-8-27(60)9-7-26)21-78-76-19-33(54-40(25(3)59)46(70)50-15-37(23)61)41(65)24(2)52-44(68)35-5-4-12-57(35)47(71)31(53-32)14-38(49)62/h6-9,23-25,28-36,40,51,53-54,59-60H,4-5,10-22H2,1-3H3,(H2,49,62)(H,50,70)(H,52,68)(H,55,69)(H,56,67)(H,63,64)/t23?,24-,25+,28?,29-,30-,31-,32?,33?,34?,35-,36?,40-/m0/s1. The molecule has 6 rings (SSSR count). The predicted molar refractivity (Wildman–Crippen MR) is 300 cm³/mol. The summed E-state index contributed by atoms with van der Waals surface area (Å²) in [4.78, 5) is 158. The number of rotatable bonds is 8. The molecule has 1 aromatic carbocycles. The molecule has 1 aromatic rings. The second kappa shape index (κ2) is 30.0. The number of nitrogens with one attached hydrogen (secondary N) is 7. The number of nitrogens with zero attached hydrogens (tertiary/aromatic N) is 2. The summed E-state index contributed by atoms with van der Waals surface area (Å²) >= 11 is 0. The summed E-state index contributed by atoms with van der Waals surface area (Å²) in [6.45, 7) is 3.89. The fraction of sp³-hybridized carbons (Fsp3) is 0.646. The average molecular weight is 1200 g/mol. The van der Waals surface area contributed by atoms with Crippen LogP contribution in [-0.2, 0) is 59.2 Å². The summed E-state index contributed by atoms with van der Waals surface area (Å²) in [6.07, 6.45) is -2.72. The van der Waals surface area contributed by atoms with E-state index in [0.29, 0.717) is 12.0 Å². The Morgan fingerprint density at radius 3 is 2.05 bits per heavy atom. The number of primary amides is 1. The lowest BCUT2D eigenvalue weighted by Crippen LogP contribution is -2.61. The summed E-state index contributed by atoms with van der Waals surface area (Å²) in [5.41, 5.74) is 6.32. The Labute approximate surface area is 475 Å². The zero-order valence-electron chi connectivity index (χ0n) is 43.2. The van der Waals surface area contributed by atoms with Gasteiger partial charge >= 0.3 is 5.97 Å². The molecule has 30 heteroatoms. The number of carbonyl (C=O) groups is 11. The van der Waals surface area contributed by atoms with Gasteiger partial charge in [0, 0.05) is 65.4 Å². The molecule has 5 bridgehead atoms. The van der Waals surface area contributed by atoms with Gasteiger partial charge in [0.25, 0.3) is 0 Å². The highest BCUT2D eigenvalue weighted by Crippen LogP contribution is 2.34. The van der Waals surface area contributed by atoms with Crippen molar-refractivity contribution >= 4 is 129 Å². The molecule has 7 amide bonds. The first-order valence-corrected chi connectivity index (χ1v) is 32.9. The average Bonchev–Trinajstić information content (AvgIpc) is 4.05. The number of aliphatic hydroxyl groups excluding tert-OH is 1. The van der Waals surface area contributed by atoms with Gasteiger partial charge in [-0.2, -0.15) is 0 Å². The second-order valence-corrected chi connectivity index (χ2v) is 27.4. The lowest BCUT2D eigenvalue weighted by Gasteiger charge is -2.35. The number of carbonyl (C=O) groups excluding carboxylic acids is 10. The number of fused-ring (bicyclic) bond motifs is 9. The third-order valence-electron chi connectivity index (χ3n) is 13.9. The van der Waals surface area contributed by atoms with E-state index in [2.05, 4.69) is 37.2 Å². The van der Waals surface area contributed by atoms with Crippen molar-refractivity contribution in [2.45, 2.75) is 126 Å². The Morgan fingerprint density at radius 2 is 1.36 bits per heavy atom. The van der Waals surface area contributed by atoms with E-state index in [1.54, 1.807) is 19.1 Å². The van der Waals surface area contributed by atoms with Crippen LogP contribution in [0, 0.1) is 11.8 Å². The Balaban J connectivity index is 1.57. The van der Waals surface area contributed by atoms with Gasteiger partial charge in [0.2, 0.25) is 41.4 Å². The molecule has 5 aliphatic rings. The van der Waals surface area contributed by atoms with E-state index in [1.807, 2.05) is 0 Å². The molecule has 5 aliphatic heterocycles. The van der Waals surface area contributed by atoms with Gasteiger partial charge in [-0.15, -0.1) is 0 Å². The second-order valence-electron chi connectivity index (χ2n) is 19.7. The Hall–Kier alpha value is -4.27. The fourth-order valence-corrected chi connectivity index (χ4v) is 17.1. The molecule has 5 saturated heterocycles. The van der Waals surface area contributed by atoms with E-state index in [4.69, 9.17) is 5.73 Å². The molecule has 24 nitrogen and oxygen atoms in total. The number of Topliss-reactive ketones (excluding diaryl/α,β-unsaturated/α-hetero) is 3. The van der Waals surface area contributed by atoms with Gasteiger partial charge in [0.05, 0.1) is 55.9 Å². The minimum atomic E-state index is -1.58. The number of carboxylic acid groups (broad SMARTS) is 1. The zero-order chi connectivity index (χ0) is 56.8. The zero-order valence-corrected chi connectivity index (χ0v) is 48.1. The molecule has 0 saturated carbocycles. The highest BCUT2D eigenvalue weighted by atomic mass is 33.1. The third kappa shape index (κ3) is 17.4. The monoisotopic (exact) mass is 1200 g/mol. The largest absolute Gasteiger partial charge is 0.508 e. The summed E-state index contributed by atoms with van der Waals surface area (Å²) in [5.74, 6) is -10.2. The van der Waals surface area contributed by atoms with Gasteiger partial charge in [-0.05, 0) is 57.2 Å². The van der Waals surface area contributed by atoms with Crippen molar-refractivity contribution in [1.29, 1.82) is 0 Å². The van der Waals surface area contributed by atoms with Crippen molar-refractivity contribution < 1.29 is 68.1 Å². The number of hydrogen-bond donors (Lipinski definition) is 11. The molecule has 5 heterocycles. The van der Waals surface area contributed by atoms with E-state index in [-0.39, 0.29) is 72.1 Å². The number of nitrogens with two attached hydrogens (primary N) is 1. The first-order valence-electron chi connectivity index (χ1n) is 25.5. The van der Waals surface area contributed by atoms with Crippen LogP contribution in [-0.4, -0.2) is 211 Å². The molecule has 0 aromatic heterocycles. The van der Waals surface area contributed by atoms with Crippen LogP contribution in [0.25, 0.3) is 0 Å². The number of hydrogen-bond acceptors (Lipinski definition) is 22. The van der Waals surface area contributed by atoms with Crippen LogP contribution >= 0.6 is 64.8 Å². The molecular weight excluding hydrogens is 1130 g/mol. The summed E-state index contributed by atoms with van der Waals surface area (Å²) < 4.78 is 0. The van der Waals surface area contributed by atoms with Crippen LogP contribution in [0.2, 0.25) is 0 Å². The Morgan fingerprint density at radius 1 is 0.718 bits per heavy atom. The van der Waals surface area contributed by atoms with Crippen molar-refractivity contribution in [2.24, 2.45) is 17.6 Å². The molecule has 12 N–H and O–H groups in total. The molecular formula is C48H68N10O14S6. The normalized spacial score (nSPS) is 31.8. The van der Waals surface area contributed by atoms with Gasteiger partial charge in [-0.25, -0.2) is 0 Å². The highest BCUT2D eigenvalue weighted by molar-refractivity contribution is 8.77. The number of aromatic hydroxyl groups is 1. The Kier molecular flexibility index (Phi) is 24.2. The third-order valence-corrected chi connectivity index (χ3v) is 21.4. The number of carboxylic acids is 1. The molecule has 0 aliphatic carbocycles. The van der Waals surface area contributed by atoms with Crippen molar-refractivity contribution in [3.05, 3.63) is 29.8 Å². The number of aliphatic carboxylic acids is 1. The lowest BCUT2D eigenvalue weighted by molar-refractivity contribution is -0.142. The number of benzene rings is 1. The molecule has 430 valence electrons. The van der Waals surface area contributed by atoms with Crippen molar-refractivity contribution in [2.75, 3.05) is 54.3 Å². The van der Waals surface area contributed by atoms with Gasteiger partial charge in [0.15, 0.2) is 17.3 Å². The highest BCUT2D eigenvalue weighted by Gasteiger charge is 2.45. The smallest absolute Gasteiger partial charge is 0.303 e. The van der Waals surface area contributed by atoms with Crippen LogP contribution in [0.4, 0.5) is 0 Å². The molecule has 78 heavy (non-hydrogen) atoms. The van der Waals surface area contributed by atoms with Gasteiger partial charge in [-0.1, -0.05) is 83.8 Å². The van der Waals surface area contributed by atoms with Crippen LogP contribution in [0.3, 0.4) is 0 Å². The maximum Gasteiger partial charge on any atom is 0.303 e. The van der Waals surface area contributed by atoms with Crippen LogP contribution < -0.4 is 43.0 Å². The molecule has 0 spiro atoms. The Bertz CT molecular complexity index is 2400. The van der Waals surface area contributed by atoms with Gasteiger partial charge in [-0.3, -0.25) is 63.4 Å². The van der Waals surface area contributed by atoms with Crippen molar-refractivity contribution in [3.63, 3.8) is 0 Å². The summed E-state index contributed by atoms with van der Waals surface area (Å²) in [6, 6.07) is -6.97. The number of aliphatic hydroxyl groups is 1. The first kappa shape index (κ1) is 62.9. The fourth-order valence-electron chi connectivity index (χ4n) is 9.39. The minimum Gasteiger partial charge on any atom is -0.508 e. The molecule has 13 atom stereocenters. The van der Waals surface area contributed by atoms with Crippen LogP contribution in [0.15, 0.2) is 24.3 Å². The van der Waals surface area contributed by atoms with E-state index in [0.717, 1.165) is 21.6 Å². The summed E-state index contributed by atoms with van der Waals surface area (Å²) in [5, 5.41) is 51.2. The van der Waals surface area contributed by atoms with Crippen molar-refractivity contribution in [1.82, 2.24) is 47.0 Å². The number of phenols is 1. The molecule has 5 fully saturated rings. The topological polar surface area (TPSA) is 365 Å². The van der Waals surface area contributed by atoms with E-state index in [1.165, 1.54) is 79.0 Å². The maximum absolute atomic E-state index is 15.7. The van der Waals surface area contributed by atoms with Crippen LogP contribution in [0.1, 0.15) is 58.4 Å². The van der Waals surface area contributed by atoms with Gasteiger partial charge < -0.3 is 57.4 Å². The molecule has 0 radical (unpaired) electrons. The van der Waals surface area contributed by atoms with Gasteiger partial charge in [0.1, 0.15) is 29.9 Å². The first-order chi connectivity index (χ1) is 37.1. The van der Waals surface area contributed by atoms with E-state index >= 15 is 4.79 Å². The quantitative estimate of drug-likeness (QED) is 0.133. The number of ketones is 3. The SMILES string of the molecule is CC1CSSCC2C(=O)[C@H](Cc3ccc(O)cc3)NC(=O)[C@H](CCC(=O)O)NC(=O)C3CSSCC(N[C@@H]([C@@H](C)O)C(=O)NCC1=O)C(=O)[C@H](C)NC(=O)[C@@H]1CCCN1C(=O)[C@H](CC(N)=O)NC2CSSCC1NCN3C1=O. The van der Waals surface area contributed by atoms with Crippen molar-refractivity contribution in [3.8, 4) is 5.75 Å². The van der Waals surface area contributed by atoms with Crippen LogP contribution in [0.5, 0.6) is 5.75 Å². The predicted octanol–water partition coefficient (Wildman–Crippen LogP) is -1.44. The number of amides is 7. The van der Waals surface area contributed by atoms with E-state index in [9.17, 15) is 63.3 Å². The van der Waals surface area contributed by atoms with E-state index < -0.39 is 163 Å². The maximum atomic E-state index is 15.7. The number of phenolic OH excluding ortho intramolecular Hbond substituents is 1.